The molecule has 3 rings (SSSR count). The molecule has 3 aromatic rings. The number of hydrogen-bond acceptors (Lipinski definition) is 5. The van der Waals surface area contributed by atoms with Crippen molar-refractivity contribution in [1.82, 2.24) is 4.98 Å². The van der Waals surface area contributed by atoms with E-state index >= 15 is 0 Å². The summed E-state index contributed by atoms with van der Waals surface area (Å²) in [6.07, 6.45) is 13.9. The molecule has 1 aromatic heterocycles. The van der Waals surface area contributed by atoms with Crippen LogP contribution in [0.5, 0.6) is 11.5 Å². The zero-order chi connectivity index (χ0) is 26.7. The van der Waals surface area contributed by atoms with Crippen LogP contribution in [-0.4, -0.2) is 30.6 Å². The Morgan fingerprint density at radius 1 is 0.605 bits per heavy atom. The van der Waals surface area contributed by atoms with Crippen molar-refractivity contribution in [3.63, 3.8) is 0 Å². The van der Waals surface area contributed by atoms with Crippen molar-refractivity contribution in [1.29, 1.82) is 0 Å². The highest BCUT2D eigenvalue weighted by atomic mass is 16.5. The van der Waals surface area contributed by atoms with Crippen LogP contribution in [0.2, 0.25) is 0 Å². The normalized spacial score (nSPS) is 11.2. The van der Waals surface area contributed by atoms with Crippen molar-refractivity contribution < 1.29 is 9.47 Å². The molecular formula is C33H39N3O2. The van der Waals surface area contributed by atoms with Gasteiger partial charge in [-0.3, -0.25) is 9.98 Å². The van der Waals surface area contributed by atoms with Gasteiger partial charge in [-0.25, -0.2) is 4.98 Å². The van der Waals surface area contributed by atoms with Crippen molar-refractivity contribution in [2.45, 2.75) is 51.6 Å². The third-order valence-corrected chi connectivity index (χ3v) is 5.78. The molecule has 1 heterocycles. The van der Waals surface area contributed by atoms with E-state index in [4.69, 9.17) is 9.47 Å². The molecule has 198 valence electrons. The van der Waals surface area contributed by atoms with Gasteiger partial charge in [-0.05, 0) is 86.1 Å². The van der Waals surface area contributed by atoms with E-state index in [1.807, 2.05) is 54.6 Å². The Bertz CT molecular complexity index is 1060. The number of benzene rings is 2. The highest BCUT2D eigenvalue weighted by Gasteiger charge is 1.98. The Balaban J connectivity index is 1.41. The van der Waals surface area contributed by atoms with Crippen LogP contribution >= 0.6 is 0 Å². The molecule has 0 spiro atoms. The number of allylic oxidation sites excluding steroid dienone is 2. The van der Waals surface area contributed by atoms with Crippen LogP contribution in [0, 0.1) is 0 Å². The zero-order valence-electron chi connectivity index (χ0n) is 22.3. The molecule has 0 amide bonds. The van der Waals surface area contributed by atoms with Gasteiger partial charge in [0.1, 0.15) is 11.5 Å². The van der Waals surface area contributed by atoms with Crippen LogP contribution in [0.3, 0.4) is 0 Å². The first-order valence-electron chi connectivity index (χ1n) is 13.4. The van der Waals surface area contributed by atoms with Gasteiger partial charge in [-0.15, -0.1) is 13.2 Å². The molecule has 0 aliphatic carbocycles. The summed E-state index contributed by atoms with van der Waals surface area (Å²) in [4.78, 5) is 13.7. The van der Waals surface area contributed by atoms with Gasteiger partial charge in [-0.2, -0.15) is 0 Å². The number of nitrogens with zero attached hydrogens (tertiary/aromatic N) is 3. The topological polar surface area (TPSA) is 56.1 Å². The molecule has 0 radical (unpaired) electrons. The molecule has 0 N–H and O–H groups in total. The van der Waals surface area contributed by atoms with Gasteiger partial charge < -0.3 is 9.47 Å². The Hall–Kier alpha value is -3.99. The predicted molar refractivity (Wildman–Crippen MR) is 159 cm³/mol. The van der Waals surface area contributed by atoms with Crippen molar-refractivity contribution in [2.24, 2.45) is 9.98 Å². The molecule has 0 atom stereocenters. The van der Waals surface area contributed by atoms with Crippen LogP contribution in [0.1, 0.15) is 61.0 Å². The van der Waals surface area contributed by atoms with Gasteiger partial charge in [0.25, 0.3) is 0 Å². The lowest BCUT2D eigenvalue weighted by molar-refractivity contribution is 0.307. The third-order valence-electron chi connectivity index (χ3n) is 5.78. The summed E-state index contributed by atoms with van der Waals surface area (Å²) in [5.41, 5.74) is 3.87. The summed E-state index contributed by atoms with van der Waals surface area (Å²) in [5.74, 6) is 1.79. The smallest absolute Gasteiger partial charge is 0.119 e. The van der Waals surface area contributed by atoms with E-state index in [0.29, 0.717) is 13.1 Å². The Kier molecular flexibility index (Phi) is 13.1. The standard InChI is InChI=1S/C33H39N3O2/c1-3-5-7-9-22-37-32-18-14-28(15-19-32)24-34-26-30-12-11-13-31(36-30)27-35-25-29-16-20-33(21-17-29)38-23-10-8-6-4-2/h3-4,11-21,26-27H,1-2,5-10,22-25H2. The number of rotatable bonds is 18. The fourth-order valence-corrected chi connectivity index (χ4v) is 3.65. The molecule has 38 heavy (non-hydrogen) atoms. The van der Waals surface area contributed by atoms with Gasteiger partial charge in [0.05, 0.1) is 37.7 Å². The number of unbranched alkanes of at least 4 members (excludes halogenated alkanes) is 4. The minimum absolute atomic E-state index is 0.591. The molecule has 5 nitrogen and oxygen atoms in total. The van der Waals surface area contributed by atoms with E-state index < -0.39 is 0 Å². The van der Waals surface area contributed by atoms with Crippen LogP contribution < -0.4 is 9.47 Å². The van der Waals surface area contributed by atoms with E-state index in [-0.39, 0.29) is 0 Å². The maximum atomic E-state index is 5.78. The predicted octanol–water partition coefficient (Wildman–Crippen LogP) is 7.79. The minimum Gasteiger partial charge on any atom is -0.494 e. The summed E-state index contributed by atoms with van der Waals surface area (Å²) in [5, 5.41) is 0. The maximum absolute atomic E-state index is 5.78. The van der Waals surface area contributed by atoms with E-state index in [2.05, 4.69) is 52.4 Å². The lowest BCUT2D eigenvalue weighted by atomic mass is 10.2. The first-order chi connectivity index (χ1) is 18.8. The van der Waals surface area contributed by atoms with Crippen LogP contribution in [0.25, 0.3) is 0 Å². The number of ether oxygens (including phenoxy) is 2. The summed E-state index contributed by atoms with van der Waals surface area (Å²) < 4.78 is 11.6. The average molecular weight is 510 g/mol. The number of aromatic nitrogens is 1. The van der Waals surface area contributed by atoms with Gasteiger partial charge in [0.2, 0.25) is 0 Å². The third kappa shape index (κ3) is 11.4. The molecule has 0 bridgehead atoms. The van der Waals surface area contributed by atoms with E-state index in [9.17, 15) is 0 Å². The first-order valence-corrected chi connectivity index (χ1v) is 13.4. The molecule has 0 aliphatic heterocycles. The SMILES string of the molecule is C=CCCCCOc1ccc(CN=Cc2cccc(C=NCc3ccc(OCCCCC=C)cc3)n2)cc1. The zero-order valence-corrected chi connectivity index (χ0v) is 22.3. The lowest BCUT2D eigenvalue weighted by Crippen LogP contribution is -1.97. The highest BCUT2D eigenvalue weighted by Crippen LogP contribution is 2.15. The summed E-state index contributed by atoms with van der Waals surface area (Å²) in [6, 6.07) is 22.1. The Morgan fingerprint density at radius 2 is 1.05 bits per heavy atom. The molecule has 0 fully saturated rings. The van der Waals surface area contributed by atoms with E-state index in [0.717, 1.165) is 85.8 Å². The van der Waals surface area contributed by atoms with Crippen molar-refractivity contribution in [2.75, 3.05) is 13.2 Å². The van der Waals surface area contributed by atoms with Crippen LogP contribution in [-0.2, 0) is 13.1 Å². The highest BCUT2D eigenvalue weighted by molar-refractivity contribution is 5.81. The monoisotopic (exact) mass is 509 g/mol. The van der Waals surface area contributed by atoms with Gasteiger partial charge in [0.15, 0.2) is 0 Å². The van der Waals surface area contributed by atoms with Crippen molar-refractivity contribution >= 4 is 12.4 Å². The van der Waals surface area contributed by atoms with Gasteiger partial charge >= 0.3 is 0 Å². The summed E-state index contributed by atoms with van der Waals surface area (Å²) in [7, 11) is 0. The minimum atomic E-state index is 0.591. The molecule has 5 heteroatoms. The van der Waals surface area contributed by atoms with Crippen LogP contribution in [0.4, 0.5) is 0 Å². The summed E-state index contributed by atoms with van der Waals surface area (Å²) >= 11 is 0. The first kappa shape index (κ1) is 28.6. The number of aliphatic imine (C=N–C) groups is 2. The molecule has 2 aromatic carbocycles. The Morgan fingerprint density at radius 3 is 1.47 bits per heavy atom. The Labute approximate surface area is 227 Å². The fourth-order valence-electron chi connectivity index (χ4n) is 3.65. The largest absolute Gasteiger partial charge is 0.494 e. The summed E-state index contributed by atoms with van der Waals surface area (Å²) in [6.45, 7) is 10.1. The maximum Gasteiger partial charge on any atom is 0.119 e. The van der Waals surface area contributed by atoms with Crippen molar-refractivity contribution in [3.05, 3.63) is 115 Å². The van der Waals surface area contributed by atoms with Gasteiger partial charge in [-0.1, -0.05) is 42.5 Å². The number of pyridine rings is 1. The quantitative estimate of drug-likeness (QED) is 0.0999. The average Bonchev–Trinajstić information content (AvgIpc) is 2.95. The molecule has 0 unspecified atom stereocenters. The molecule has 0 saturated carbocycles. The van der Waals surface area contributed by atoms with Gasteiger partial charge in [0, 0.05) is 12.4 Å². The second-order valence-corrected chi connectivity index (χ2v) is 8.98. The van der Waals surface area contributed by atoms with E-state index in [1.165, 1.54) is 0 Å². The molecule has 0 saturated heterocycles. The van der Waals surface area contributed by atoms with Crippen LogP contribution in [0.15, 0.2) is 102 Å². The second kappa shape index (κ2) is 17.5. The fraction of sp³-hybridized carbons (Fsp3) is 0.303. The number of hydrogen-bond donors (Lipinski definition) is 0. The lowest BCUT2D eigenvalue weighted by Gasteiger charge is -2.06. The molecule has 0 aliphatic rings. The van der Waals surface area contributed by atoms with Crippen molar-refractivity contribution in [3.8, 4) is 11.5 Å². The molecular weight excluding hydrogens is 470 g/mol. The van der Waals surface area contributed by atoms with E-state index in [1.54, 1.807) is 12.4 Å². The second-order valence-electron chi connectivity index (χ2n) is 8.98.